The van der Waals surface area contributed by atoms with Gasteiger partial charge in [0.05, 0.1) is 16.7 Å². The van der Waals surface area contributed by atoms with Crippen LogP contribution in [0.4, 0.5) is 0 Å². The van der Waals surface area contributed by atoms with Crippen molar-refractivity contribution in [1.82, 2.24) is 0 Å². The van der Waals surface area contributed by atoms with E-state index in [2.05, 4.69) is 11.9 Å². The van der Waals surface area contributed by atoms with Crippen molar-refractivity contribution < 1.29 is 14.3 Å². The molecule has 0 fully saturated rings. The predicted molar refractivity (Wildman–Crippen MR) is 104 cm³/mol. The van der Waals surface area contributed by atoms with Gasteiger partial charge in [0, 0.05) is 5.56 Å². The Hall–Kier alpha value is -2.30. The molecule has 0 unspecified atom stereocenters. The maximum Gasteiger partial charge on any atom is 0.363 e. The third-order valence-electron chi connectivity index (χ3n) is 3.76. The van der Waals surface area contributed by atoms with Gasteiger partial charge in [-0.25, -0.2) is 9.79 Å². The third kappa shape index (κ3) is 4.26. The number of halogens is 2. The molecule has 3 rings (SSSR count). The van der Waals surface area contributed by atoms with E-state index in [1.165, 1.54) is 0 Å². The SMILES string of the molecule is CCCCOc1ccc(C2=NC(=Cc3cccc(Cl)c3Cl)C(=O)O2)cc1. The average molecular weight is 390 g/mol. The van der Waals surface area contributed by atoms with Crippen LogP contribution in [0.25, 0.3) is 6.08 Å². The van der Waals surface area contributed by atoms with Crippen molar-refractivity contribution in [3.8, 4) is 5.75 Å². The van der Waals surface area contributed by atoms with E-state index in [0.29, 0.717) is 27.8 Å². The molecule has 0 aliphatic carbocycles. The molecule has 0 bridgehead atoms. The standard InChI is InChI=1S/C20H17Cl2NO3/c1-2-3-11-25-15-9-7-13(8-10-15)19-23-17(20(24)26-19)12-14-5-4-6-16(21)18(14)22/h4-10,12H,2-3,11H2,1H3. The molecule has 0 amide bonds. The van der Waals surface area contributed by atoms with Crippen molar-refractivity contribution in [2.45, 2.75) is 19.8 Å². The second-order valence-electron chi connectivity index (χ2n) is 5.71. The molecule has 0 saturated carbocycles. The zero-order valence-electron chi connectivity index (χ0n) is 14.2. The number of rotatable bonds is 6. The molecular formula is C20H17Cl2NO3. The van der Waals surface area contributed by atoms with Crippen molar-refractivity contribution in [3.63, 3.8) is 0 Å². The highest BCUT2D eigenvalue weighted by Crippen LogP contribution is 2.29. The van der Waals surface area contributed by atoms with Gasteiger partial charge in [-0.2, -0.15) is 0 Å². The maximum atomic E-state index is 12.1. The first-order valence-electron chi connectivity index (χ1n) is 8.28. The third-order valence-corrected chi connectivity index (χ3v) is 4.60. The summed E-state index contributed by atoms with van der Waals surface area (Å²) in [6.45, 7) is 2.79. The fraction of sp³-hybridized carbons (Fsp3) is 0.200. The summed E-state index contributed by atoms with van der Waals surface area (Å²) in [5, 5.41) is 0.780. The van der Waals surface area contributed by atoms with Crippen LogP contribution in [0.2, 0.25) is 10.0 Å². The molecule has 0 atom stereocenters. The van der Waals surface area contributed by atoms with E-state index in [1.54, 1.807) is 24.3 Å². The molecule has 1 aliphatic heterocycles. The fourth-order valence-electron chi connectivity index (χ4n) is 2.34. The number of carbonyl (C=O) groups is 1. The number of esters is 1. The van der Waals surface area contributed by atoms with Crippen LogP contribution in [0.3, 0.4) is 0 Å². The summed E-state index contributed by atoms with van der Waals surface area (Å²) in [5.74, 6) is 0.493. The molecule has 2 aromatic rings. The Morgan fingerprint density at radius 2 is 1.92 bits per heavy atom. The number of nitrogens with zero attached hydrogens (tertiary/aromatic N) is 1. The highest BCUT2D eigenvalue weighted by Gasteiger charge is 2.24. The summed E-state index contributed by atoms with van der Waals surface area (Å²) in [4.78, 5) is 16.4. The lowest BCUT2D eigenvalue weighted by molar-refractivity contribution is -0.129. The Kier molecular flexibility index (Phi) is 5.96. The summed E-state index contributed by atoms with van der Waals surface area (Å²) in [6, 6.07) is 12.5. The smallest absolute Gasteiger partial charge is 0.363 e. The molecule has 26 heavy (non-hydrogen) atoms. The zero-order valence-corrected chi connectivity index (χ0v) is 15.7. The van der Waals surface area contributed by atoms with Gasteiger partial charge in [-0.15, -0.1) is 0 Å². The zero-order chi connectivity index (χ0) is 18.5. The van der Waals surface area contributed by atoms with Crippen LogP contribution >= 0.6 is 23.2 Å². The van der Waals surface area contributed by atoms with E-state index in [0.717, 1.165) is 18.6 Å². The van der Waals surface area contributed by atoms with Gasteiger partial charge in [0.25, 0.3) is 0 Å². The Labute approximate surface area is 162 Å². The van der Waals surface area contributed by atoms with Crippen LogP contribution in [0.5, 0.6) is 5.75 Å². The molecule has 1 heterocycles. The minimum atomic E-state index is -0.528. The van der Waals surface area contributed by atoms with Crippen LogP contribution in [0.1, 0.15) is 30.9 Å². The molecule has 1 aliphatic rings. The molecule has 0 spiro atoms. The Morgan fingerprint density at radius 3 is 2.65 bits per heavy atom. The lowest BCUT2D eigenvalue weighted by Crippen LogP contribution is -2.05. The number of benzene rings is 2. The van der Waals surface area contributed by atoms with E-state index in [4.69, 9.17) is 32.7 Å². The van der Waals surface area contributed by atoms with E-state index >= 15 is 0 Å². The summed E-state index contributed by atoms with van der Waals surface area (Å²) in [5.41, 5.74) is 1.48. The van der Waals surface area contributed by atoms with Gasteiger partial charge in [-0.05, 0) is 48.4 Å². The van der Waals surface area contributed by atoms with Gasteiger partial charge in [-0.3, -0.25) is 0 Å². The minimum Gasteiger partial charge on any atom is -0.494 e. The normalized spacial score (nSPS) is 15.1. The first kappa shape index (κ1) is 18.5. The maximum absolute atomic E-state index is 12.1. The highest BCUT2D eigenvalue weighted by atomic mass is 35.5. The fourth-order valence-corrected chi connectivity index (χ4v) is 2.70. The summed E-state index contributed by atoms with van der Waals surface area (Å²) in [7, 11) is 0. The minimum absolute atomic E-state index is 0.174. The lowest BCUT2D eigenvalue weighted by Gasteiger charge is -2.05. The quantitative estimate of drug-likeness (QED) is 0.371. The van der Waals surface area contributed by atoms with Gasteiger partial charge in [0.15, 0.2) is 5.70 Å². The lowest BCUT2D eigenvalue weighted by atomic mass is 10.2. The molecule has 0 saturated heterocycles. The first-order chi connectivity index (χ1) is 12.6. The van der Waals surface area contributed by atoms with Crippen LogP contribution in [-0.2, 0) is 9.53 Å². The van der Waals surface area contributed by atoms with Crippen LogP contribution in [0.15, 0.2) is 53.2 Å². The van der Waals surface area contributed by atoms with E-state index in [-0.39, 0.29) is 11.6 Å². The Morgan fingerprint density at radius 1 is 1.15 bits per heavy atom. The number of carbonyl (C=O) groups excluding carboxylic acids is 1. The van der Waals surface area contributed by atoms with E-state index < -0.39 is 5.97 Å². The Bertz CT molecular complexity index is 873. The monoisotopic (exact) mass is 389 g/mol. The number of hydrogen-bond acceptors (Lipinski definition) is 4. The van der Waals surface area contributed by atoms with Crippen molar-refractivity contribution in [2.24, 2.45) is 4.99 Å². The van der Waals surface area contributed by atoms with Crippen molar-refractivity contribution in [2.75, 3.05) is 6.61 Å². The topological polar surface area (TPSA) is 47.9 Å². The second-order valence-corrected chi connectivity index (χ2v) is 6.49. The summed E-state index contributed by atoms with van der Waals surface area (Å²) < 4.78 is 10.9. The Balaban J connectivity index is 1.79. The molecular weight excluding hydrogens is 373 g/mol. The average Bonchev–Trinajstić information content (AvgIpc) is 3.00. The molecule has 0 N–H and O–H groups in total. The van der Waals surface area contributed by atoms with Crippen LogP contribution in [-0.4, -0.2) is 18.5 Å². The van der Waals surface area contributed by atoms with Crippen molar-refractivity contribution in [1.29, 1.82) is 0 Å². The first-order valence-corrected chi connectivity index (χ1v) is 9.04. The second kappa shape index (κ2) is 8.39. The summed E-state index contributed by atoms with van der Waals surface area (Å²) >= 11 is 12.1. The van der Waals surface area contributed by atoms with Gasteiger partial charge in [-0.1, -0.05) is 48.7 Å². The molecule has 0 radical (unpaired) electrons. The number of aliphatic imine (C=N–C) groups is 1. The number of cyclic esters (lactones) is 1. The molecule has 2 aromatic carbocycles. The molecule has 4 nitrogen and oxygen atoms in total. The van der Waals surface area contributed by atoms with Crippen molar-refractivity contribution in [3.05, 3.63) is 69.3 Å². The predicted octanol–water partition coefficient (Wildman–Crippen LogP) is 5.52. The molecule has 134 valence electrons. The largest absolute Gasteiger partial charge is 0.494 e. The van der Waals surface area contributed by atoms with Gasteiger partial charge in [0.2, 0.25) is 5.90 Å². The van der Waals surface area contributed by atoms with Crippen LogP contribution < -0.4 is 4.74 Å². The van der Waals surface area contributed by atoms with E-state index in [1.807, 2.05) is 24.3 Å². The number of unbranched alkanes of at least 4 members (excludes halogenated alkanes) is 1. The molecule has 6 heteroatoms. The summed E-state index contributed by atoms with van der Waals surface area (Å²) in [6.07, 6.45) is 3.65. The number of hydrogen-bond donors (Lipinski definition) is 0. The van der Waals surface area contributed by atoms with Gasteiger partial charge in [0.1, 0.15) is 5.75 Å². The number of ether oxygens (including phenoxy) is 2. The van der Waals surface area contributed by atoms with E-state index in [9.17, 15) is 4.79 Å². The van der Waals surface area contributed by atoms with Gasteiger partial charge < -0.3 is 9.47 Å². The van der Waals surface area contributed by atoms with Crippen LogP contribution in [0, 0.1) is 0 Å². The highest BCUT2D eigenvalue weighted by molar-refractivity contribution is 6.43. The molecule has 0 aromatic heterocycles. The van der Waals surface area contributed by atoms with Gasteiger partial charge >= 0.3 is 5.97 Å². The van der Waals surface area contributed by atoms with Crippen molar-refractivity contribution >= 4 is 41.1 Å².